The van der Waals surface area contributed by atoms with Crippen molar-refractivity contribution in [3.8, 4) is 0 Å². The zero-order valence-corrected chi connectivity index (χ0v) is 9.61. The number of rotatable bonds is 6. The third kappa shape index (κ3) is 3.52. The number of likely N-dealkylation sites (N-methyl/N-ethyl adjacent to an activating group) is 1. The maximum Gasteiger partial charge on any atom is 0.389 e. The van der Waals surface area contributed by atoms with E-state index in [0.29, 0.717) is 13.1 Å². The van der Waals surface area contributed by atoms with Crippen molar-refractivity contribution in [3.63, 3.8) is 0 Å². The monoisotopic (exact) mass is 242 g/mol. The van der Waals surface area contributed by atoms with E-state index in [1.54, 1.807) is 18.9 Å². The van der Waals surface area contributed by atoms with Gasteiger partial charge in [0.15, 0.2) is 0 Å². The zero-order valence-electron chi connectivity index (χ0n) is 9.61. The Labute approximate surface area is 97.6 Å². The van der Waals surface area contributed by atoms with Crippen LogP contribution in [0.1, 0.15) is 6.92 Å². The van der Waals surface area contributed by atoms with Crippen LogP contribution in [0.2, 0.25) is 0 Å². The second-order valence-electron chi connectivity index (χ2n) is 3.69. The summed E-state index contributed by atoms with van der Waals surface area (Å²) in [6.07, 6.45) is 1.50. The summed E-state index contributed by atoms with van der Waals surface area (Å²) < 4.78 is 1.42. The van der Waals surface area contributed by atoms with Crippen LogP contribution in [0.5, 0.6) is 0 Å². The number of nitro groups is 1. The van der Waals surface area contributed by atoms with Crippen molar-refractivity contribution >= 4 is 11.8 Å². The molecule has 1 rings (SSSR count). The molecule has 1 atom stereocenters. The van der Waals surface area contributed by atoms with Gasteiger partial charge in [0, 0.05) is 6.54 Å². The first-order valence-electron chi connectivity index (χ1n) is 5.02. The van der Waals surface area contributed by atoms with Gasteiger partial charge in [-0.2, -0.15) is 4.68 Å². The summed E-state index contributed by atoms with van der Waals surface area (Å²) in [4.78, 5) is 22.1. The summed E-state index contributed by atoms with van der Waals surface area (Å²) in [6, 6.07) is 0.709. The molecule has 0 aliphatic carbocycles. The van der Waals surface area contributed by atoms with Crippen molar-refractivity contribution in [3.05, 3.63) is 22.4 Å². The smallest absolute Gasteiger partial charge is 0.389 e. The number of aliphatic carboxylic acids is 1. The van der Waals surface area contributed by atoms with E-state index in [-0.39, 0.29) is 5.82 Å². The van der Waals surface area contributed by atoms with Gasteiger partial charge in [-0.05, 0) is 18.9 Å². The first-order valence-corrected chi connectivity index (χ1v) is 5.02. The van der Waals surface area contributed by atoms with Gasteiger partial charge >= 0.3 is 11.8 Å². The molecule has 0 aliphatic rings. The van der Waals surface area contributed by atoms with Crippen LogP contribution in [-0.2, 0) is 11.3 Å². The molecule has 94 valence electrons. The maximum absolute atomic E-state index is 10.7. The molecule has 0 aromatic carbocycles. The predicted molar refractivity (Wildman–Crippen MR) is 58.6 cm³/mol. The standard InChI is InChI=1S/C9H14N4O4/c1-7(9(14)15)11(2)5-6-12-4-3-8(10-12)13(16)17/h3-4,7H,5-6H2,1-2H3,(H,14,15). The number of hydrogen-bond donors (Lipinski definition) is 1. The fourth-order valence-corrected chi connectivity index (χ4v) is 1.22. The van der Waals surface area contributed by atoms with Crippen molar-refractivity contribution in [2.75, 3.05) is 13.6 Å². The molecule has 0 radical (unpaired) electrons. The summed E-state index contributed by atoms with van der Waals surface area (Å²) in [6.45, 7) is 2.43. The first kappa shape index (κ1) is 13.1. The summed E-state index contributed by atoms with van der Waals surface area (Å²) >= 11 is 0. The van der Waals surface area contributed by atoms with Gasteiger partial charge < -0.3 is 15.2 Å². The third-order valence-corrected chi connectivity index (χ3v) is 2.51. The van der Waals surface area contributed by atoms with Gasteiger partial charge in [-0.25, -0.2) is 0 Å². The molecule has 0 amide bonds. The summed E-state index contributed by atoms with van der Waals surface area (Å²) in [5.41, 5.74) is 0. The molecule has 0 bridgehead atoms. The van der Waals surface area contributed by atoms with E-state index in [1.807, 2.05) is 0 Å². The average Bonchev–Trinajstić information content (AvgIpc) is 2.73. The van der Waals surface area contributed by atoms with Gasteiger partial charge in [0.1, 0.15) is 6.04 Å². The van der Waals surface area contributed by atoms with Crippen LogP contribution in [0.15, 0.2) is 12.3 Å². The lowest BCUT2D eigenvalue weighted by atomic mass is 10.3. The van der Waals surface area contributed by atoms with Crippen molar-refractivity contribution in [2.45, 2.75) is 19.5 Å². The van der Waals surface area contributed by atoms with Crippen molar-refractivity contribution < 1.29 is 14.8 Å². The molecule has 8 nitrogen and oxygen atoms in total. The Morgan fingerprint density at radius 1 is 1.76 bits per heavy atom. The Bertz CT molecular complexity index is 417. The molecule has 17 heavy (non-hydrogen) atoms. The fourth-order valence-electron chi connectivity index (χ4n) is 1.22. The van der Waals surface area contributed by atoms with Gasteiger partial charge in [0.05, 0.1) is 23.9 Å². The quantitative estimate of drug-likeness (QED) is 0.564. The number of hydrogen-bond acceptors (Lipinski definition) is 5. The van der Waals surface area contributed by atoms with Gasteiger partial charge in [-0.1, -0.05) is 0 Å². The van der Waals surface area contributed by atoms with Gasteiger partial charge in [-0.3, -0.25) is 9.69 Å². The molecule has 0 spiro atoms. The van der Waals surface area contributed by atoms with Gasteiger partial charge in [-0.15, -0.1) is 0 Å². The Morgan fingerprint density at radius 3 is 2.88 bits per heavy atom. The highest BCUT2D eigenvalue weighted by molar-refractivity contribution is 5.72. The van der Waals surface area contributed by atoms with Crippen LogP contribution >= 0.6 is 0 Å². The first-order chi connectivity index (χ1) is 7.91. The van der Waals surface area contributed by atoms with E-state index >= 15 is 0 Å². The number of carboxylic acid groups (broad SMARTS) is 1. The Hall–Kier alpha value is -1.96. The van der Waals surface area contributed by atoms with Crippen molar-refractivity contribution in [2.24, 2.45) is 0 Å². The van der Waals surface area contributed by atoms with Crippen LogP contribution in [0.3, 0.4) is 0 Å². The van der Waals surface area contributed by atoms with Crippen LogP contribution < -0.4 is 0 Å². The topological polar surface area (TPSA) is 102 Å². The van der Waals surface area contributed by atoms with Gasteiger partial charge in [0.2, 0.25) is 0 Å². The lowest BCUT2D eigenvalue weighted by Crippen LogP contribution is -2.37. The molecular weight excluding hydrogens is 228 g/mol. The van der Waals surface area contributed by atoms with E-state index in [0.717, 1.165) is 0 Å². The Kier molecular flexibility index (Phi) is 4.16. The highest BCUT2D eigenvalue weighted by atomic mass is 16.6. The SMILES string of the molecule is CC(C(=O)O)N(C)CCn1ccc([N+](=O)[O-])n1. The molecular formula is C9H14N4O4. The second-order valence-corrected chi connectivity index (χ2v) is 3.69. The third-order valence-electron chi connectivity index (χ3n) is 2.51. The van der Waals surface area contributed by atoms with E-state index in [2.05, 4.69) is 5.10 Å². The molecule has 8 heteroatoms. The van der Waals surface area contributed by atoms with Crippen LogP contribution in [-0.4, -0.2) is 50.3 Å². The summed E-state index contributed by atoms with van der Waals surface area (Å²) in [5, 5.41) is 22.9. The summed E-state index contributed by atoms with van der Waals surface area (Å²) in [5.74, 6) is -1.11. The zero-order chi connectivity index (χ0) is 13.0. The van der Waals surface area contributed by atoms with Gasteiger partial charge in [0.25, 0.3) is 0 Å². The fraction of sp³-hybridized carbons (Fsp3) is 0.556. The lowest BCUT2D eigenvalue weighted by Gasteiger charge is -2.19. The molecule has 0 saturated carbocycles. The Balaban J connectivity index is 2.50. The largest absolute Gasteiger partial charge is 0.480 e. The number of carbonyl (C=O) groups is 1. The maximum atomic E-state index is 10.7. The van der Waals surface area contributed by atoms with Crippen LogP contribution in [0.4, 0.5) is 5.82 Å². The minimum atomic E-state index is -0.904. The van der Waals surface area contributed by atoms with E-state index in [1.165, 1.54) is 16.9 Å². The molecule has 1 aromatic heterocycles. The van der Waals surface area contributed by atoms with Crippen LogP contribution in [0, 0.1) is 10.1 Å². The highest BCUT2D eigenvalue weighted by Crippen LogP contribution is 2.05. The Morgan fingerprint density at radius 2 is 2.41 bits per heavy atom. The van der Waals surface area contributed by atoms with Crippen LogP contribution in [0.25, 0.3) is 0 Å². The highest BCUT2D eigenvalue weighted by Gasteiger charge is 2.17. The van der Waals surface area contributed by atoms with Crippen molar-refractivity contribution in [1.82, 2.24) is 14.7 Å². The lowest BCUT2D eigenvalue weighted by molar-refractivity contribution is -0.389. The van der Waals surface area contributed by atoms with Crippen molar-refractivity contribution in [1.29, 1.82) is 0 Å². The number of aromatic nitrogens is 2. The molecule has 0 fully saturated rings. The molecule has 1 aromatic rings. The molecule has 1 N–H and O–H groups in total. The second kappa shape index (κ2) is 5.39. The minimum absolute atomic E-state index is 0.209. The molecule has 0 aliphatic heterocycles. The van der Waals surface area contributed by atoms with E-state index in [4.69, 9.17) is 5.11 Å². The number of nitrogens with zero attached hydrogens (tertiary/aromatic N) is 4. The van der Waals surface area contributed by atoms with E-state index < -0.39 is 16.9 Å². The molecule has 1 unspecified atom stereocenters. The predicted octanol–water partition coefficient (Wildman–Crippen LogP) is 0.196. The normalized spacial score (nSPS) is 12.6. The minimum Gasteiger partial charge on any atom is -0.480 e. The number of carboxylic acids is 1. The molecule has 0 saturated heterocycles. The average molecular weight is 242 g/mol. The van der Waals surface area contributed by atoms with E-state index in [9.17, 15) is 14.9 Å². The summed E-state index contributed by atoms with van der Waals surface area (Å²) in [7, 11) is 1.68. The molecule has 1 heterocycles.